The molecule has 0 unspecified atom stereocenters. The predicted molar refractivity (Wildman–Crippen MR) is 56.9 cm³/mol. The van der Waals surface area contributed by atoms with E-state index in [0.717, 1.165) is 0 Å². The van der Waals surface area contributed by atoms with Crippen molar-refractivity contribution in [2.45, 2.75) is 6.92 Å². The van der Waals surface area contributed by atoms with Gasteiger partial charge in [0.05, 0.1) is 10.8 Å². The Hall–Kier alpha value is -2.44. The molecule has 0 amide bonds. The van der Waals surface area contributed by atoms with Crippen LogP contribution in [0.3, 0.4) is 0 Å². The third-order valence-electron chi connectivity index (χ3n) is 2.18. The van der Waals surface area contributed by atoms with E-state index in [-0.39, 0.29) is 11.5 Å². The van der Waals surface area contributed by atoms with Gasteiger partial charge in [0.2, 0.25) is 0 Å². The Balaban J connectivity index is 2.71. The molecule has 0 saturated carbocycles. The highest BCUT2D eigenvalue weighted by Gasteiger charge is 2.10. The van der Waals surface area contributed by atoms with Gasteiger partial charge in [-0.1, -0.05) is 11.2 Å². The van der Waals surface area contributed by atoms with Crippen molar-refractivity contribution in [2.75, 3.05) is 5.73 Å². The Morgan fingerprint density at radius 2 is 2.31 bits per heavy atom. The van der Waals surface area contributed by atoms with Crippen molar-refractivity contribution >= 4 is 22.7 Å². The molecule has 7 heteroatoms. The molecular formula is C9H9N5O2. The lowest BCUT2D eigenvalue weighted by molar-refractivity contribution is -0.641. The second-order valence-corrected chi connectivity index (χ2v) is 3.23. The summed E-state index contributed by atoms with van der Waals surface area (Å²) in [6.07, 6.45) is 0. The van der Waals surface area contributed by atoms with Crippen molar-refractivity contribution in [1.29, 1.82) is 0 Å². The summed E-state index contributed by atoms with van der Waals surface area (Å²) in [6.45, 7) is 1.62. The molecule has 1 aromatic carbocycles. The normalized spacial score (nSPS) is 11.9. The van der Waals surface area contributed by atoms with E-state index in [1.807, 2.05) is 0 Å². The SMILES string of the molecule is C/C(=N\O)c1ccc2nc(N)n[n+]([O-])c2c1. The van der Waals surface area contributed by atoms with E-state index >= 15 is 0 Å². The van der Waals surface area contributed by atoms with E-state index in [4.69, 9.17) is 10.9 Å². The minimum atomic E-state index is -0.0807. The van der Waals surface area contributed by atoms with E-state index in [2.05, 4.69) is 15.2 Å². The first kappa shape index (κ1) is 10.1. The quantitative estimate of drug-likeness (QED) is 0.231. The number of aromatic nitrogens is 3. The summed E-state index contributed by atoms with van der Waals surface area (Å²) in [5.74, 6) is -0.0807. The largest absolute Gasteiger partial charge is 0.594 e. The van der Waals surface area contributed by atoms with Gasteiger partial charge in [0, 0.05) is 11.6 Å². The molecule has 0 atom stereocenters. The minimum Gasteiger partial charge on any atom is -0.594 e. The van der Waals surface area contributed by atoms with E-state index in [1.165, 1.54) is 6.07 Å². The summed E-state index contributed by atoms with van der Waals surface area (Å²) in [5.41, 5.74) is 7.08. The van der Waals surface area contributed by atoms with Crippen LogP contribution in [0, 0.1) is 5.21 Å². The topological polar surface area (TPSA) is 111 Å². The number of benzene rings is 1. The summed E-state index contributed by atoms with van der Waals surface area (Å²) in [4.78, 5) is 4.30. The van der Waals surface area contributed by atoms with Crippen molar-refractivity contribution in [2.24, 2.45) is 5.16 Å². The van der Waals surface area contributed by atoms with Gasteiger partial charge >= 0.3 is 0 Å². The molecule has 2 aromatic rings. The van der Waals surface area contributed by atoms with Crippen molar-refractivity contribution in [3.05, 3.63) is 29.0 Å². The lowest BCUT2D eigenvalue weighted by Crippen LogP contribution is -2.33. The van der Waals surface area contributed by atoms with Crippen LogP contribution in [0.25, 0.3) is 11.0 Å². The second-order valence-electron chi connectivity index (χ2n) is 3.23. The maximum absolute atomic E-state index is 11.4. The van der Waals surface area contributed by atoms with Gasteiger partial charge in [-0.05, 0) is 17.8 Å². The van der Waals surface area contributed by atoms with Gasteiger partial charge in [-0.25, -0.2) is 4.98 Å². The maximum Gasteiger partial charge on any atom is 0.288 e. The molecule has 3 N–H and O–H groups in total. The van der Waals surface area contributed by atoms with Crippen LogP contribution in [0.15, 0.2) is 23.4 Å². The molecule has 2 rings (SSSR count). The molecule has 0 aliphatic rings. The Bertz CT molecular complexity index is 581. The maximum atomic E-state index is 11.4. The van der Waals surface area contributed by atoms with Crippen LogP contribution >= 0.6 is 0 Å². The number of hydrogen-bond donors (Lipinski definition) is 2. The van der Waals surface area contributed by atoms with Gasteiger partial charge < -0.3 is 16.1 Å². The summed E-state index contributed by atoms with van der Waals surface area (Å²) in [5, 5.41) is 26.6. The number of anilines is 1. The van der Waals surface area contributed by atoms with Gasteiger partial charge in [-0.3, -0.25) is 0 Å². The first-order chi connectivity index (χ1) is 7.61. The van der Waals surface area contributed by atoms with Crippen LogP contribution in [0.2, 0.25) is 0 Å². The van der Waals surface area contributed by atoms with Gasteiger partial charge in [0.25, 0.3) is 11.5 Å². The molecule has 0 bridgehead atoms. The third-order valence-corrected chi connectivity index (χ3v) is 2.18. The van der Waals surface area contributed by atoms with Crippen molar-refractivity contribution in [3.8, 4) is 0 Å². The fourth-order valence-corrected chi connectivity index (χ4v) is 1.35. The molecule has 1 aromatic heterocycles. The smallest absolute Gasteiger partial charge is 0.288 e. The summed E-state index contributed by atoms with van der Waals surface area (Å²) < 4.78 is 0. The zero-order chi connectivity index (χ0) is 11.7. The first-order valence-corrected chi connectivity index (χ1v) is 4.48. The molecule has 82 valence electrons. The van der Waals surface area contributed by atoms with Crippen molar-refractivity contribution in [1.82, 2.24) is 10.1 Å². The Morgan fingerprint density at radius 3 is 3.00 bits per heavy atom. The van der Waals surface area contributed by atoms with Crippen LogP contribution in [0.4, 0.5) is 5.95 Å². The van der Waals surface area contributed by atoms with Crippen LogP contribution in [-0.4, -0.2) is 21.0 Å². The average Bonchev–Trinajstić information content (AvgIpc) is 2.27. The Labute approximate surface area is 90.4 Å². The number of nitrogens with zero attached hydrogens (tertiary/aromatic N) is 4. The Morgan fingerprint density at radius 1 is 1.56 bits per heavy atom. The highest BCUT2D eigenvalue weighted by molar-refractivity contribution is 6.00. The lowest BCUT2D eigenvalue weighted by atomic mass is 10.1. The molecular weight excluding hydrogens is 210 g/mol. The van der Waals surface area contributed by atoms with E-state index < -0.39 is 0 Å². The number of nitrogens with two attached hydrogens (primary N) is 1. The number of oxime groups is 1. The van der Waals surface area contributed by atoms with Gasteiger partial charge in [0.15, 0.2) is 0 Å². The first-order valence-electron chi connectivity index (χ1n) is 4.48. The number of nitrogen functional groups attached to an aromatic ring is 1. The summed E-state index contributed by atoms with van der Waals surface area (Å²) in [6, 6.07) is 4.84. The third kappa shape index (κ3) is 1.58. The summed E-state index contributed by atoms with van der Waals surface area (Å²) >= 11 is 0. The number of rotatable bonds is 1. The van der Waals surface area contributed by atoms with E-state index in [9.17, 15) is 5.21 Å². The molecule has 16 heavy (non-hydrogen) atoms. The van der Waals surface area contributed by atoms with Crippen molar-refractivity contribution in [3.63, 3.8) is 0 Å². The van der Waals surface area contributed by atoms with Gasteiger partial charge in [-0.2, -0.15) is 0 Å². The monoisotopic (exact) mass is 219 g/mol. The van der Waals surface area contributed by atoms with Crippen molar-refractivity contribution < 1.29 is 10.1 Å². The van der Waals surface area contributed by atoms with Crippen LogP contribution in [0.1, 0.15) is 12.5 Å². The predicted octanol–water partition coefficient (Wildman–Crippen LogP) is 0.0436. The van der Waals surface area contributed by atoms with Crippen LogP contribution in [-0.2, 0) is 0 Å². The zero-order valence-corrected chi connectivity index (χ0v) is 8.45. The number of hydrogen-bond acceptors (Lipinski definition) is 6. The average molecular weight is 219 g/mol. The molecule has 0 spiro atoms. The molecule has 7 nitrogen and oxygen atoms in total. The molecule has 0 saturated heterocycles. The minimum absolute atomic E-state index is 0.0807. The zero-order valence-electron chi connectivity index (χ0n) is 8.45. The fourth-order valence-electron chi connectivity index (χ4n) is 1.35. The second kappa shape index (κ2) is 3.61. The van der Waals surface area contributed by atoms with E-state index in [1.54, 1.807) is 19.1 Å². The van der Waals surface area contributed by atoms with Crippen LogP contribution < -0.4 is 10.6 Å². The van der Waals surface area contributed by atoms with Gasteiger partial charge in [0.1, 0.15) is 5.52 Å². The molecule has 0 fully saturated rings. The molecule has 1 heterocycles. The number of fused-ring (bicyclic) bond motifs is 1. The molecule has 0 radical (unpaired) electrons. The van der Waals surface area contributed by atoms with E-state index in [0.29, 0.717) is 21.6 Å². The highest BCUT2D eigenvalue weighted by atomic mass is 16.5. The lowest BCUT2D eigenvalue weighted by Gasteiger charge is -2.01. The standard InChI is InChI=1S/C9H9N5O2/c1-5(13-15)6-2-3-7-8(4-6)14(16)12-9(10)11-7/h2-4,15H,1H3,(H2,10,11,12)/b13-5+. The van der Waals surface area contributed by atoms with Gasteiger partial charge in [-0.15, -0.1) is 0 Å². The fraction of sp³-hybridized carbons (Fsp3) is 0.111. The van der Waals surface area contributed by atoms with Crippen LogP contribution in [0.5, 0.6) is 0 Å². The summed E-state index contributed by atoms with van der Waals surface area (Å²) in [7, 11) is 0. The Kier molecular flexibility index (Phi) is 2.28. The molecule has 0 aliphatic heterocycles. The highest BCUT2D eigenvalue weighted by Crippen LogP contribution is 2.11. The molecule has 0 aliphatic carbocycles.